The molecule has 0 radical (unpaired) electrons. The van der Waals surface area contributed by atoms with Gasteiger partial charge in [-0.15, -0.1) is 0 Å². The highest BCUT2D eigenvalue weighted by Gasteiger charge is 2.15. The lowest BCUT2D eigenvalue weighted by molar-refractivity contribution is 0.468. The zero-order valence-corrected chi connectivity index (χ0v) is 13.4. The normalized spacial score (nSPS) is 11.7. The van der Waals surface area contributed by atoms with Crippen LogP contribution in [0.15, 0.2) is 36.4 Å². The van der Waals surface area contributed by atoms with Crippen molar-refractivity contribution in [3.05, 3.63) is 63.1 Å². The molecule has 0 aliphatic heterocycles. The number of aromatic hydroxyl groups is 1. The monoisotopic (exact) mass is 308 g/mol. The van der Waals surface area contributed by atoms with E-state index in [1.54, 1.807) is 12.1 Å². The maximum atomic E-state index is 10.0. The minimum Gasteiger partial charge on any atom is -0.508 e. The molecule has 20 heavy (non-hydrogen) atoms. The van der Waals surface area contributed by atoms with Crippen LogP contribution in [0.1, 0.15) is 37.5 Å². The summed E-state index contributed by atoms with van der Waals surface area (Å²) in [5, 5.41) is 11.1. The number of benzene rings is 2. The SMILES string of the molecule is CC(C)(C)c1ccc(O)c(Cc2ccc(Cl)c(Cl)c2)c1. The number of phenolic OH excluding ortho intramolecular Hbond substituents is 1. The van der Waals surface area contributed by atoms with E-state index < -0.39 is 0 Å². The second-order valence-corrected chi connectivity index (χ2v) is 6.83. The first kappa shape index (κ1) is 15.2. The molecule has 106 valence electrons. The summed E-state index contributed by atoms with van der Waals surface area (Å²) in [5.74, 6) is 0.309. The van der Waals surface area contributed by atoms with Gasteiger partial charge in [-0.1, -0.05) is 62.2 Å². The number of hydrogen-bond acceptors (Lipinski definition) is 1. The summed E-state index contributed by atoms with van der Waals surface area (Å²) in [6.45, 7) is 6.47. The second kappa shape index (κ2) is 5.67. The summed E-state index contributed by atoms with van der Waals surface area (Å²) in [5.41, 5.74) is 3.18. The van der Waals surface area contributed by atoms with Crippen LogP contribution in [0.4, 0.5) is 0 Å². The summed E-state index contributed by atoms with van der Waals surface area (Å²) in [6, 6.07) is 11.3. The highest BCUT2D eigenvalue weighted by atomic mass is 35.5. The third-order valence-corrected chi connectivity index (χ3v) is 4.06. The Morgan fingerprint density at radius 3 is 2.25 bits per heavy atom. The molecule has 3 heteroatoms. The number of phenols is 1. The molecule has 1 nitrogen and oxygen atoms in total. The summed E-state index contributed by atoms with van der Waals surface area (Å²) in [4.78, 5) is 0. The Morgan fingerprint density at radius 2 is 1.65 bits per heavy atom. The van der Waals surface area contributed by atoms with E-state index in [2.05, 4.69) is 26.8 Å². The van der Waals surface area contributed by atoms with Crippen LogP contribution < -0.4 is 0 Å². The van der Waals surface area contributed by atoms with Gasteiger partial charge in [0.05, 0.1) is 10.0 Å². The van der Waals surface area contributed by atoms with Crippen molar-refractivity contribution in [1.29, 1.82) is 0 Å². The summed E-state index contributed by atoms with van der Waals surface area (Å²) in [6.07, 6.45) is 0.632. The third kappa shape index (κ3) is 3.47. The highest BCUT2D eigenvalue weighted by molar-refractivity contribution is 6.42. The number of hydrogen-bond donors (Lipinski definition) is 1. The van der Waals surface area contributed by atoms with Crippen LogP contribution in [0, 0.1) is 0 Å². The summed E-state index contributed by atoms with van der Waals surface area (Å²) >= 11 is 11.9. The summed E-state index contributed by atoms with van der Waals surface area (Å²) in [7, 11) is 0. The smallest absolute Gasteiger partial charge is 0.119 e. The van der Waals surface area contributed by atoms with Crippen molar-refractivity contribution in [2.45, 2.75) is 32.6 Å². The van der Waals surface area contributed by atoms with Gasteiger partial charge in [-0.05, 0) is 40.3 Å². The lowest BCUT2D eigenvalue weighted by Crippen LogP contribution is -2.11. The van der Waals surface area contributed by atoms with Gasteiger partial charge in [0.15, 0.2) is 0 Å². The molecule has 0 atom stereocenters. The van der Waals surface area contributed by atoms with Gasteiger partial charge in [-0.25, -0.2) is 0 Å². The summed E-state index contributed by atoms with van der Waals surface area (Å²) < 4.78 is 0. The van der Waals surface area contributed by atoms with Crippen molar-refractivity contribution < 1.29 is 5.11 Å². The van der Waals surface area contributed by atoms with E-state index in [1.807, 2.05) is 18.2 Å². The molecule has 0 bridgehead atoms. The molecule has 0 spiro atoms. The fourth-order valence-electron chi connectivity index (χ4n) is 2.06. The Morgan fingerprint density at radius 1 is 0.950 bits per heavy atom. The third-order valence-electron chi connectivity index (χ3n) is 3.32. The molecule has 0 unspecified atom stereocenters. The van der Waals surface area contributed by atoms with Crippen LogP contribution in [0.3, 0.4) is 0 Å². The van der Waals surface area contributed by atoms with Gasteiger partial charge in [-0.3, -0.25) is 0 Å². The highest BCUT2D eigenvalue weighted by Crippen LogP contribution is 2.30. The molecule has 0 fully saturated rings. The van der Waals surface area contributed by atoms with E-state index in [4.69, 9.17) is 23.2 Å². The van der Waals surface area contributed by atoms with Crippen LogP contribution >= 0.6 is 23.2 Å². The van der Waals surface area contributed by atoms with Crippen molar-refractivity contribution in [2.24, 2.45) is 0 Å². The standard InChI is InChI=1S/C17H18Cl2O/c1-17(2,3)13-5-7-16(20)12(10-13)8-11-4-6-14(18)15(19)9-11/h4-7,9-10,20H,8H2,1-3H3. The van der Waals surface area contributed by atoms with Gasteiger partial charge in [-0.2, -0.15) is 0 Å². The van der Waals surface area contributed by atoms with Crippen molar-refractivity contribution >= 4 is 23.2 Å². The van der Waals surface area contributed by atoms with Crippen molar-refractivity contribution in [3.8, 4) is 5.75 Å². The van der Waals surface area contributed by atoms with Crippen LogP contribution in [0.2, 0.25) is 10.0 Å². The minimum atomic E-state index is 0.0556. The molecule has 0 heterocycles. The van der Waals surface area contributed by atoms with Gasteiger partial charge in [0.1, 0.15) is 5.75 Å². The van der Waals surface area contributed by atoms with Crippen molar-refractivity contribution in [3.63, 3.8) is 0 Å². The Kier molecular flexibility index (Phi) is 4.31. The molecule has 0 amide bonds. The van der Waals surface area contributed by atoms with Gasteiger partial charge in [0.2, 0.25) is 0 Å². The molecule has 0 aromatic heterocycles. The molecular formula is C17H18Cl2O. The zero-order valence-electron chi connectivity index (χ0n) is 11.9. The quantitative estimate of drug-likeness (QED) is 0.767. The molecule has 2 aromatic carbocycles. The van der Waals surface area contributed by atoms with Gasteiger partial charge in [0, 0.05) is 6.42 Å². The van der Waals surface area contributed by atoms with Crippen LogP contribution in [0.25, 0.3) is 0 Å². The minimum absolute atomic E-state index is 0.0556. The number of rotatable bonds is 2. The van der Waals surface area contributed by atoms with Crippen LogP contribution in [0.5, 0.6) is 5.75 Å². The maximum absolute atomic E-state index is 10.0. The lowest BCUT2D eigenvalue weighted by atomic mass is 9.85. The van der Waals surface area contributed by atoms with E-state index in [1.165, 1.54) is 5.56 Å². The Hall–Kier alpha value is -1.18. The molecular weight excluding hydrogens is 291 g/mol. The number of halogens is 2. The lowest BCUT2D eigenvalue weighted by Gasteiger charge is -2.20. The topological polar surface area (TPSA) is 20.2 Å². The molecule has 2 rings (SSSR count). The van der Waals surface area contributed by atoms with E-state index in [0.717, 1.165) is 11.1 Å². The van der Waals surface area contributed by atoms with Gasteiger partial charge >= 0.3 is 0 Å². The molecule has 1 N–H and O–H groups in total. The predicted molar refractivity (Wildman–Crippen MR) is 86.1 cm³/mol. The average Bonchev–Trinajstić information content (AvgIpc) is 2.35. The first-order valence-corrected chi connectivity index (χ1v) is 7.29. The van der Waals surface area contributed by atoms with Crippen LogP contribution in [-0.2, 0) is 11.8 Å². The Labute approximate surface area is 130 Å². The van der Waals surface area contributed by atoms with E-state index >= 15 is 0 Å². The first-order valence-electron chi connectivity index (χ1n) is 6.53. The van der Waals surface area contributed by atoms with Crippen LogP contribution in [-0.4, -0.2) is 5.11 Å². The Bertz CT molecular complexity index is 627. The molecule has 0 aliphatic rings. The first-order chi connectivity index (χ1) is 9.27. The predicted octanol–water partition coefficient (Wildman–Crippen LogP) is 5.59. The van der Waals surface area contributed by atoms with E-state index in [-0.39, 0.29) is 5.41 Å². The fraction of sp³-hybridized carbons (Fsp3) is 0.294. The van der Waals surface area contributed by atoms with E-state index in [0.29, 0.717) is 22.2 Å². The molecule has 2 aromatic rings. The zero-order chi connectivity index (χ0) is 14.9. The van der Waals surface area contributed by atoms with E-state index in [9.17, 15) is 5.11 Å². The molecule has 0 aliphatic carbocycles. The Balaban J connectivity index is 2.35. The van der Waals surface area contributed by atoms with Gasteiger partial charge < -0.3 is 5.11 Å². The fourth-order valence-corrected chi connectivity index (χ4v) is 2.38. The largest absolute Gasteiger partial charge is 0.508 e. The van der Waals surface area contributed by atoms with Crippen molar-refractivity contribution in [2.75, 3.05) is 0 Å². The molecule has 0 saturated heterocycles. The van der Waals surface area contributed by atoms with Crippen molar-refractivity contribution in [1.82, 2.24) is 0 Å². The molecule has 0 saturated carbocycles. The van der Waals surface area contributed by atoms with Gasteiger partial charge in [0.25, 0.3) is 0 Å². The second-order valence-electron chi connectivity index (χ2n) is 6.02. The average molecular weight is 309 g/mol. The maximum Gasteiger partial charge on any atom is 0.119 e.